The Morgan fingerprint density at radius 2 is 1.96 bits per heavy atom. The molecule has 0 spiro atoms. The molecule has 0 saturated carbocycles. The minimum atomic E-state index is -0.0880. The predicted octanol–water partition coefficient (Wildman–Crippen LogP) is 3.58. The number of carbonyl (C=O) groups is 1. The summed E-state index contributed by atoms with van der Waals surface area (Å²) in [6.07, 6.45) is 0.366. The van der Waals surface area contributed by atoms with Crippen LogP contribution in [0.1, 0.15) is 30.4 Å². The quantitative estimate of drug-likeness (QED) is 0.912. The molecule has 1 aliphatic rings. The third kappa shape index (κ3) is 3.02. The van der Waals surface area contributed by atoms with Crippen LogP contribution < -0.4 is 19.5 Å². The smallest absolute Gasteiger partial charge is 0.225 e. The number of rotatable bonds is 5. The molecule has 0 aromatic heterocycles. The normalized spacial score (nSPS) is 16.1. The van der Waals surface area contributed by atoms with Gasteiger partial charge >= 0.3 is 0 Å². The van der Waals surface area contributed by atoms with E-state index in [-0.39, 0.29) is 11.8 Å². The van der Waals surface area contributed by atoms with E-state index in [9.17, 15) is 4.79 Å². The van der Waals surface area contributed by atoms with E-state index in [0.29, 0.717) is 24.5 Å². The molecule has 0 aliphatic carbocycles. The van der Waals surface area contributed by atoms with Gasteiger partial charge in [-0.3, -0.25) is 4.79 Å². The highest BCUT2D eigenvalue weighted by Gasteiger charge is 2.30. The molecule has 1 N–H and O–H groups in total. The molecule has 1 heterocycles. The molecule has 0 bridgehead atoms. The van der Waals surface area contributed by atoms with Gasteiger partial charge in [-0.05, 0) is 24.6 Å². The van der Waals surface area contributed by atoms with Crippen molar-refractivity contribution in [3.05, 3.63) is 47.5 Å². The van der Waals surface area contributed by atoms with E-state index < -0.39 is 0 Å². The molecule has 1 aliphatic heterocycles. The summed E-state index contributed by atoms with van der Waals surface area (Å²) in [5, 5.41) is 2.92. The molecular weight excluding hydrogens is 306 g/mol. The third-order valence-electron chi connectivity index (χ3n) is 4.15. The van der Waals surface area contributed by atoms with Crippen molar-refractivity contribution in [2.45, 2.75) is 19.3 Å². The number of amides is 1. The lowest BCUT2D eigenvalue weighted by Crippen LogP contribution is -2.24. The lowest BCUT2D eigenvalue weighted by molar-refractivity contribution is -0.116. The molecule has 0 saturated heterocycles. The molecular formula is C19H21NO4. The van der Waals surface area contributed by atoms with E-state index in [2.05, 4.69) is 5.32 Å². The first-order chi connectivity index (χ1) is 11.7. The van der Waals surface area contributed by atoms with Crippen molar-refractivity contribution in [2.75, 3.05) is 26.1 Å². The van der Waals surface area contributed by atoms with Gasteiger partial charge in [-0.1, -0.05) is 12.1 Å². The fraction of sp³-hybridized carbons (Fsp3) is 0.316. The van der Waals surface area contributed by atoms with Crippen LogP contribution in [0.5, 0.6) is 17.2 Å². The minimum Gasteiger partial charge on any atom is -0.497 e. The number of anilines is 1. The number of hydrogen-bond acceptors (Lipinski definition) is 4. The molecule has 126 valence electrons. The van der Waals surface area contributed by atoms with Gasteiger partial charge in [0.15, 0.2) is 0 Å². The Hall–Kier alpha value is -2.69. The zero-order valence-electron chi connectivity index (χ0n) is 14.1. The fourth-order valence-electron chi connectivity index (χ4n) is 3.11. The van der Waals surface area contributed by atoms with Crippen molar-refractivity contribution in [1.29, 1.82) is 0 Å². The van der Waals surface area contributed by atoms with Crippen molar-refractivity contribution in [2.24, 2.45) is 0 Å². The van der Waals surface area contributed by atoms with Crippen molar-refractivity contribution in [1.82, 2.24) is 0 Å². The van der Waals surface area contributed by atoms with Gasteiger partial charge in [0.05, 0.1) is 26.5 Å². The maximum atomic E-state index is 12.2. The maximum absolute atomic E-state index is 12.2. The van der Waals surface area contributed by atoms with Gasteiger partial charge in [-0.25, -0.2) is 0 Å². The standard InChI is InChI=1S/C19H21NO4/c1-4-24-13-7-5-6-12(8-13)15-11-18(21)20-16-9-14(22-2)10-17(23-3)19(15)16/h5-10,15H,4,11H2,1-3H3,(H,20,21)/t15-/m1/s1. The van der Waals surface area contributed by atoms with Crippen molar-refractivity contribution >= 4 is 11.6 Å². The van der Waals surface area contributed by atoms with Crippen molar-refractivity contribution in [3.8, 4) is 17.2 Å². The van der Waals surface area contributed by atoms with E-state index in [0.717, 1.165) is 22.6 Å². The molecule has 24 heavy (non-hydrogen) atoms. The summed E-state index contributed by atoms with van der Waals surface area (Å²) in [4.78, 5) is 12.2. The molecule has 0 radical (unpaired) electrons. The summed E-state index contributed by atoms with van der Waals surface area (Å²) in [6.45, 7) is 2.55. The number of ether oxygens (including phenoxy) is 3. The fourth-order valence-corrected chi connectivity index (χ4v) is 3.11. The summed E-state index contributed by atoms with van der Waals surface area (Å²) in [5.41, 5.74) is 2.72. The predicted molar refractivity (Wildman–Crippen MR) is 92.2 cm³/mol. The first kappa shape index (κ1) is 16.2. The summed E-state index contributed by atoms with van der Waals surface area (Å²) < 4.78 is 16.4. The number of hydrogen-bond donors (Lipinski definition) is 1. The summed E-state index contributed by atoms with van der Waals surface area (Å²) in [7, 11) is 3.22. The van der Waals surface area contributed by atoms with Gasteiger partial charge in [-0.15, -0.1) is 0 Å². The van der Waals surface area contributed by atoms with E-state index in [1.54, 1.807) is 14.2 Å². The van der Waals surface area contributed by atoms with E-state index in [4.69, 9.17) is 14.2 Å². The number of carbonyl (C=O) groups excluding carboxylic acids is 1. The SMILES string of the molecule is CCOc1cccc([C@H]2CC(=O)Nc3cc(OC)cc(OC)c32)c1. The van der Waals surface area contributed by atoms with E-state index in [1.165, 1.54) is 0 Å². The first-order valence-electron chi connectivity index (χ1n) is 7.94. The Morgan fingerprint density at radius 1 is 1.12 bits per heavy atom. The molecule has 0 unspecified atom stereocenters. The van der Waals surface area contributed by atoms with Crippen LogP contribution in [0, 0.1) is 0 Å². The van der Waals surface area contributed by atoms with E-state index >= 15 is 0 Å². The van der Waals surface area contributed by atoms with Crippen LogP contribution in [-0.2, 0) is 4.79 Å². The van der Waals surface area contributed by atoms with Gasteiger partial charge in [0, 0.05) is 30.0 Å². The largest absolute Gasteiger partial charge is 0.497 e. The second-order valence-electron chi connectivity index (χ2n) is 5.60. The zero-order valence-corrected chi connectivity index (χ0v) is 14.1. The number of benzene rings is 2. The van der Waals surface area contributed by atoms with Gasteiger partial charge in [0.25, 0.3) is 0 Å². The summed E-state index contributed by atoms with van der Waals surface area (Å²) in [5.74, 6) is 2.04. The topological polar surface area (TPSA) is 56.8 Å². The molecule has 5 nitrogen and oxygen atoms in total. The van der Waals surface area contributed by atoms with Crippen LogP contribution >= 0.6 is 0 Å². The monoisotopic (exact) mass is 327 g/mol. The molecule has 2 aromatic rings. The average molecular weight is 327 g/mol. The maximum Gasteiger partial charge on any atom is 0.225 e. The second kappa shape index (κ2) is 6.83. The Kier molecular flexibility index (Phi) is 4.60. The average Bonchev–Trinajstić information content (AvgIpc) is 2.60. The highest BCUT2D eigenvalue weighted by molar-refractivity contribution is 5.96. The lowest BCUT2D eigenvalue weighted by Gasteiger charge is -2.28. The highest BCUT2D eigenvalue weighted by Crippen LogP contribution is 2.45. The van der Waals surface area contributed by atoms with Gasteiger partial charge in [0.1, 0.15) is 17.2 Å². The minimum absolute atomic E-state index is 0.0235. The Bertz CT molecular complexity index is 757. The molecule has 5 heteroatoms. The van der Waals surface area contributed by atoms with Crippen molar-refractivity contribution in [3.63, 3.8) is 0 Å². The van der Waals surface area contributed by atoms with Gasteiger partial charge in [0.2, 0.25) is 5.91 Å². The molecule has 0 fully saturated rings. The Balaban J connectivity index is 2.11. The van der Waals surface area contributed by atoms with E-state index in [1.807, 2.05) is 43.3 Å². The summed E-state index contributed by atoms with van der Waals surface area (Å²) in [6, 6.07) is 11.5. The third-order valence-corrected chi connectivity index (χ3v) is 4.15. The van der Waals surface area contributed by atoms with Crippen LogP contribution in [0.15, 0.2) is 36.4 Å². The number of nitrogens with one attached hydrogen (secondary N) is 1. The zero-order chi connectivity index (χ0) is 17.1. The highest BCUT2D eigenvalue weighted by atomic mass is 16.5. The van der Waals surface area contributed by atoms with Crippen LogP contribution in [0.2, 0.25) is 0 Å². The van der Waals surface area contributed by atoms with Crippen LogP contribution in [0.4, 0.5) is 5.69 Å². The van der Waals surface area contributed by atoms with Gasteiger partial charge < -0.3 is 19.5 Å². The Labute approximate surface area is 141 Å². The lowest BCUT2D eigenvalue weighted by atomic mass is 9.84. The van der Waals surface area contributed by atoms with Crippen LogP contribution in [0.25, 0.3) is 0 Å². The molecule has 2 aromatic carbocycles. The Morgan fingerprint density at radius 3 is 2.67 bits per heavy atom. The summed E-state index contributed by atoms with van der Waals surface area (Å²) >= 11 is 0. The first-order valence-corrected chi connectivity index (χ1v) is 7.94. The molecule has 1 amide bonds. The number of fused-ring (bicyclic) bond motifs is 1. The number of methoxy groups -OCH3 is 2. The van der Waals surface area contributed by atoms with Crippen LogP contribution in [0.3, 0.4) is 0 Å². The second-order valence-corrected chi connectivity index (χ2v) is 5.60. The van der Waals surface area contributed by atoms with Gasteiger partial charge in [-0.2, -0.15) is 0 Å². The molecule has 1 atom stereocenters. The molecule has 3 rings (SSSR count). The van der Waals surface area contributed by atoms with Crippen molar-refractivity contribution < 1.29 is 19.0 Å². The van der Waals surface area contributed by atoms with Crippen LogP contribution in [-0.4, -0.2) is 26.7 Å².